The molecule has 2 aliphatic rings. The number of fused-ring (bicyclic) bond motifs is 1. The molecule has 0 aromatic carbocycles. The molecule has 1 saturated heterocycles. The van der Waals surface area contributed by atoms with Crippen LogP contribution in [0.3, 0.4) is 0 Å². The molecule has 4 heteroatoms. The summed E-state index contributed by atoms with van der Waals surface area (Å²) < 4.78 is 0. The topological polar surface area (TPSA) is 49.7 Å². The van der Waals surface area contributed by atoms with Gasteiger partial charge in [0.15, 0.2) is 0 Å². The first-order valence-electron chi connectivity index (χ1n) is 6.15. The van der Waals surface area contributed by atoms with Crippen LogP contribution < -0.4 is 0 Å². The maximum atomic E-state index is 12.4. The molecule has 18 heavy (non-hydrogen) atoms. The molecular formula is C14H18N2O2. The lowest BCUT2D eigenvalue weighted by atomic mass is 9.97. The van der Waals surface area contributed by atoms with Crippen LogP contribution in [0.1, 0.15) is 26.7 Å². The van der Waals surface area contributed by atoms with E-state index >= 15 is 0 Å². The number of ketones is 1. The first-order chi connectivity index (χ1) is 8.57. The summed E-state index contributed by atoms with van der Waals surface area (Å²) in [6.07, 6.45) is 7.33. The Hall–Kier alpha value is -1.71. The Bertz CT molecular complexity index is 453. The number of nitrogens with zero attached hydrogens (tertiary/aromatic N) is 2. The van der Waals surface area contributed by atoms with E-state index in [1.54, 1.807) is 17.1 Å². The van der Waals surface area contributed by atoms with Crippen molar-refractivity contribution in [3.05, 3.63) is 24.9 Å². The summed E-state index contributed by atoms with van der Waals surface area (Å²) in [5.74, 6) is -0.0893. The minimum Gasteiger partial charge on any atom is -0.331 e. The molecule has 3 atom stereocenters. The number of rotatable bonds is 5. The van der Waals surface area contributed by atoms with E-state index in [0.717, 1.165) is 19.3 Å². The van der Waals surface area contributed by atoms with Crippen molar-refractivity contribution < 1.29 is 9.59 Å². The van der Waals surface area contributed by atoms with Gasteiger partial charge in [-0.05, 0) is 31.3 Å². The highest BCUT2D eigenvalue weighted by atomic mass is 16.2. The first-order valence-corrected chi connectivity index (χ1v) is 6.15. The Balaban J connectivity index is 2.21. The number of aliphatic imine (C=N–C) groups is 1. The van der Waals surface area contributed by atoms with Crippen molar-refractivity contribution in [1.29, 1.82) is 0 Å². The Morgan fingerprint density at radius 1 is 1.50 bits per heavy atom. The molecule has 1 amide bonds. The molecule has 1 aliphatic heterocycles. The lowest BCUT2D eigenvalue weighted by Crippen LogP contribution is -2.41. The summed E-state index contributed by atoms with van der Waals surface area (Å²) in [6.45, 7) is 7.47. The van der Waals surface area contributed by atoms with Crippen LogP contribution in [-0.4, -0.2) is 34.9 Å². The number of amides is 1. The lowest BCUT2D eigenvalue weighted by molar-refractivity contribution is -0.127. The van der Waals surface area contributed by atoms with Gasteiger partial charge in [-0.1, -0.05) is 19.6 Å². The van der Waals surface area contributed by atoms with Gasteiger partial charge in [-0.15, -0.1) is 0 Å². The molecule has 0 N–H and O–H groups in total. The SMILES string of the molecule is C=C/N=C(\C=C/C)C(=O)[C@@H]1C[C@@]2(C)C[C@H]2N1C=O. The van der Waals surface area contributed by atoms with E-state index < -0.39 is 0 Å². The highest BCUT2D eigenvalue weighted by Gasteiger charge is 2.62. The van der Waals surface area contributed by atoms with Crippen molar-refractivity contribution in [1.82, 2.24) is 4.90 Å². The van der Waals surface area contributed by atoms with Gasteiger partial charge in [0.05, 0.1) is 6.04 Å². The molecule has 0 aromatic rings. The number of carbonyl (C=O) groups is 2. The molecule has 0 aromatic heterocycles. The second-order valence-corrected chi connectivity index (χ2v) is 5.21. The number of hydrogen-bond acceptors (Lipinski definition) is 3. The first kappa shape index (κ1) is 12.7. The van der Waals surface area contributed by atoms with Gasteiger partial charge in [0.25, 0.3) is 0 Å². The van der Waals surface area contributed by atoms with Gasteiger partial charge in [0.2, 0.25) is 12.2 Å². The van der Waals surface area contributed by atoms with Crippen molar-refractivity contribution in [3.63, 3.8) is 0 Å². The van der Waals surface area contributed by atoms with Gasteiger partial charge in [-0.3, -0.25) is 14.6 Å². The second-order valence-electron chi connectivity index (χ2n) is 5.21. The van der Waals surface area contributed by atoms with Crippen LogP contribution in [-0.2, 0) is 9.59 Å². The van der Waals surface area contributed by atoms with E-state index in [-0.39, 0.29) is 23.3 Å². The second kappa shape index (κ2) is 4.52. The summed E-state index contributed by atoms with van der Waals surface area (Å²) in [4.78, 5) is 29.2. The fraction of sp³-hybridized carbons (Fsp3) is 0.500. The number of allylic oxidation sites excluding steroid dienone is 2. The van der Waals surface area contributed by atoms with Gasteiger partial charge in [-0.25, -0.2) is 0 Å². The normalized spacial score (nSPS) is 34.6. The summed E-state index contributed by atoms with van der Waals surface area (Å²) in [5, 5.41) is 0. The molecule has 2 rings (SSSR count). The van der Waals surface area contributed by atoms with Crippen molar-refractivity contribution in [3.8, 4) is 0 Å². The molecule has 0 spiro atoms. The van der Waals surface area contributed by atoms with Crippen LogP contribution in [0.15, 0.2) is 29.9 Å². The van der Waals surface area contributed by atoms with Crippen molar-refractivity contribution in [2.24, 2.45) is 10.4 Å². The zero-order valence-corrected chi connectivity index (χ0v) is 10.8. The molecule has 96 valence electrons. The zero-order chi connectivity index (χ0) is 13.3. The van der Waals surface area contributed by atoms with Crippen LogP contribution in [0.4, 0.5) is 0 Å². The van der Waals surface area contributed by atoms with Crippen LogP contribution in [0, 0.1) is 5.41 Å². The minimum absolute atomic E-state index is 0.0893. The van der Waals surface area contributed by atoms with Gasteiger partial charge < -0.3 is 4.90 Å². The Morgan fingerprint density at radius 2 is 2.22 bits per heavy atom. The predicted molar refractivity (Wildman–Crippen MR) is 70.3 cm³/mol. The van der Waals surface area contributed by atoms with E-state index in [1.165, 1.54) is 6.20 Å². The maximum absolute atomic E-state index is 12.4. The average molecular weight is 246 g/mol. The summed E-state index contributed by atoms with van der Waals surface area (Å²) >= 11 is 0. The van der Waals surface area contributed by atoms with Gasteiger partial charge >= 0.3 is 0 Å². The third kappa shape index (κ3) is 1.92. The molecule has 4 nitrogen and oxygen atoms in total. The molecule has 1 saturated carbocycles. The summed E-state index contributed by atoms with van der Waals surface area (Å²) in [5.41, 5.74) is 0.505. The highest BCUT2D eigenvalue weighted by Crippen LogP contribution is 2.58. The van der Waals surface area contributed by atoms with Gasteiger partial charge in [0.1, 0.15) is 5.71 Å². The molecular weight excluding hydrogens is 228 g/mol. The van der Waals surface area contributed by atoms with Crippen LogP contribution in [0.2, 0.25) is 0 Å². The largest absolute Gasteiger partial charge is 0.331 e. The fourth-order valence-corrected chi connectivity index (χ4v) is 2.82. The maximum Gasteiger partial charge on any atom is 0.210 e. The van der Waals surface area contributed by atoms with Crippen molar-refractivity contribution in [2.45, 2.75) is 38.8 Å². The zero-order valence-electron chi connectivity index (χ0n) is 10.8. The number of piperidine rings is 1. The van der Waals surface area contributed by atoms with E-state index in [9.17, 15) is 9.59 Å². The third-order valence-electron chi connectivity index (χ3n) is 3.92. The molecule has 1 heterocycles. The monoisotopic (exact) mass is 246 g/mol. The molecule has 0 bridgehead atoms. The van der Waals surface area contributed by atoms with Crippen molar-refractivity contribution in [2.75, 3.05) is 0 Å². The fourth-order valence-electron chi connectivity index (χ4n) is 2.82. The summed E-state index contributed by atoms with van der Waals surface area (Å²) in [6, 6.07) is -0.124. The molecule has 1 aliphatic carbocycles. The number of hydrogen-bond donors (Lipinski definition) is 0. The van der Waals surface area contributed by atoms with Crippen LogP contribution in [0.25, 0.3) is 0 Å². The Kier molecular flexibility index (Phi) is 3.20. The summed E-state index contributed by atoms with van der Waals surface area (Å²) in [7, 11) is 0. The lowest BCUT2D eigenvalue weighted by Gasteiger charge is -2.21. The number of carbonyl (C=O) groups excluding carboxylic acids is 2. The van der Waals surface area contributed by atoms with E-state index in [4.69, 9.17) is 0 Å². The van der Waals surface area contributed by atoms with Gasteiger partial charge in [-0.2, -0.15) is 0 Å². The standard InChI is InChI=1S/C14H18N2O2/c1-4-6-10(15-5-2)13(18)11-7-14(3)8-12(14)16(11)9-17/h4-6,9,11-12H,2,7-8H2,1,3H3/b6-4-,15-10+/t11-,12+,14-/m0/s1. The van der Waals surface area contributed by atoms with Crippen molar-refractivity contribution >= 4 is 17.9 Å². The van der Waals surface area contributed by atoms with Crippen LogP contribution in [0.5, 0.6) is 0 Å². The Labute approximate surface area is 107 Å². The third-order valence-corrected chi connectivity index (χ3v) is 3.92. The number of likely N-dealkylation sites (tertiary alicyclic amines) is 1. The number of Topliss-reactive ketones (excluding diaryl/α,β-unsaturated/α-hetero) is 1. The smallest absolute Gasteiger partial charge is 0.210 e. The highest BCUT2D eigenvalue weighted by molar-refractivity contribution is 6.46. The predicted octanol–water partition coefficient (Wildman–Crippen LogP) is 1.73. The Morgan fingerprint density at radius 3 is 2.78 bits per heavy atom. The molecule has 0 unspecified atom stereocenters. The van der Waals surface area contributed by atoms with Crippen LogP contribution >= 0.6 is 0 Å². The van der Waals surface area contributed by atoms with E-state index in [1.807, 2.05) is 6.92 Å². The van der Waals surface area contributed by atoms with E-state index in [0.29, 0.717) is 5.71 Å². The van der Waals surface area contributed by atoms with E-state index in [2.05, 4.69) is 18.5 Å². The minimum atomic E-state index is -0.360. The molecule has 0 radical (unpaired) electrons. The van der Waals surface area contributed by atoms with Gasteiger partial charge in [0, 0.05) is 12.2 Å². The molecule has 2 fully saturated rings. The quantitative estimate of drug-likeness (QED) is 0.548. The average Bonchev–Trinajstić information content (AvgIpc) is 2.91.